The van der Waals surface area contributed by atoms with Crippen molar-refractivity contribution in [2.75, 3.05) is 19.7 Å². The van der Waals surface area contributed by atoms with Gasteiger partial charge in [-0.05, 0) is 49.1 Å². The van der Waals surface area contributed by atoms with Gasteiger partial charge in [0, 0.05) is 13.0 Å². The first-order valence-corrected chi connectivity index (χ1v) is 9.19. The van der Waals surface area contributed by atoms with Gasteiger partial charge < -0.3 is 20.9 Å². The molecule has 0 radical (unpaired) electrons. The predicted molar refractivity (Wildman–Crippen MR) is 102 cm³/mol. The number of carbonyl (C=O) groups is 1. The van der Waals surface area contributed by atoms with E-state index in [1.165, 1.54) is 18.6 Å². The maximum atomic E-state index is 12.5. The molecule has 1 aliphatic carbocycles. The summed E-state index contributed by atoms with van der Waals surface area (Å²) in [7, 11) is 0. The summed E-state index contributed by atoms with van der Waals surface area (Å²) in [5.74, 6) is 0.0635. The molecule has 1 fully saturated rings. The molecule has 160 valence electrons. The molecule has 5 nitrogen and oxygen atoms in total. The molecule has 1 amide bonds. The van der Waals surface area contributed by atoms with Crippen molar-refractivity contribution in [2.45, 2.75) is 50.8 Å². The number of ether oxygens (including phenoxy) is 1. The van der Waals surface area contributed by atoms with Crippen molar-refractivity contribution in [1.82, 2.24) is 5.32 Å². The minimum Gasteiger partial charge on any atom is -0.491 e. The third-order valence-electron chi connectivity index (χ3n) is 5.04. The molecule has 0 spiro atoms. The second-order valence-electron chi connectivity index (χ2n) is 7.23. The lowest BCUT2D eigenvalue weighted by Gasteiger charge is -2.35. The van der Waals surface area contributed by atoms with Gasteiger partial charge in [0.15, 0.2) is 0 Å². The molecule has 9 heteroatoms. The number of nitrogens with two attached hydrogens (primary N) is 1. The van der Waals surface area contributed by atoms with Gasteiger partial charge in [-0.15, -0.1) is 12.4 Å². The van der Waals surface area contributed by atoms with E-state index < -0.39 is 17.8 Å². The number of hydrogen-bond acceptors (Lipinski definition) is 4. The van der Waals surface area contributed by atoms with E-state index in [1.54, 1.807) is 0 Å². The topological polar surface area (TPSA) is 84.6 Å². The van der Waals surface area contributed by atoms with E-state index in [9.17, 15) is 23.1 Å². The van der Waals surface area contributed by atoms with Crippen molar-refractivity contribution in [3.05, 3.63) is 29.8 Å². The van der Waals surface area contributed by atoms with E-state index in [4.69, 9.17) is 10.5 Å². The number of halogens is 4. The molecule has 0 aliphatic heterocycles. The van der Waals surface area contributed by atoms with Crippen LogP contribution in [-0.2, 0) is 11.0 Å². The minimum atomic E-state index is -4.40. The van der Waals surface area contributed by atoms with Crippen molar-refractivity contribution < 1.29 is 27.8 Å². The number of aliphatic hydroxyl groups is 1. The Hall–Kier alpha value is -1.51. The lowest BCUT2D eigenvalue weighted by Crippen LogP contribution is -2.41. The fourth-order valence-corrected chi connectivity index (χ4v) is 3.38. The zero-order valence-electron chi connectivity index (χ0n) is 15.6. The number of aliphatic hydroxyl groups excluding tert-OH is 1. The van der Waals surface area contributed by atoms with Gasteiger partial charge in [0.1, 0.15) is 18.5 Å². The molecule has 0 saturated heterocycles. The lowest BCUT2D eigenvalue weighted by molar-refractivity contribution is -0.137. The van der Waals surface area contributed by atoms with Crippen LogP contribution in [0.15, 0.2) is 24.3 Å². The van der Waals surface area contributed by atoms with Gasteiger partial charge >= 0.3 is 6.18 Å². The zero-order valence-corrected chi connectivity index (χ0v) is 16.5. The first-order chi connectivity index (χ1) is 12.7. The van der Waals surface area contributed by atoms with E-state index in [1.807, 2.05) is 0 Å². The summed E-state index contributed by atoms with van der Waals surface area (Å²) in [6, 6.07) is 4.23. The summed E-state index contributed by atoms with van der Waals surface area (Å²) in [5.41, 5.74) is 4.96. The average molecular weight is 425 g/mol. The van der Waals surface area contributed by atoms with E-state index in [-0.39, 0.29) is 42.6 Å². The molecule has 0 heterocycles. The fourth-order valence-electron chi connectivity index (χ4n) is 3.38. The van der Waals surface area contributed by atoms with Crippen molar-refractivity contribution in [1.29, 1.82) is 0 Å². The van der Waals surface area contributed by atoms with Gasteiger partial charge in [0.05, 0.1) is 5.56 Å². The molecule has 1 atom stereocenters. The summed E-state index contributed by atoms with van der Waals surface area (Å²) in [4.78, 5) is 12.2. The molecule has 28 heavy (non-hydrogen) atoms. The summed E-state index contributed by atoms with van der Waals surface area (Å²) >= 11 is 0. The van der Waals surface area contributed by atoms with E-state index in [0.29, 0.717) is 13.0 Å². The molecule has 4 N–H and O–H groups in total. The van der Waals surface area contributed by atoms with Crippen LogP contribution in [0.25, 0.3) is 0 Å². The third-order valence-corrected chi connectivity index (χ3v) is 5.04. The SMILES string of the molecule is Cl.NCC1(CC(=O)NCC(O)COc2ccc(C(F)(F)F)cc2)CCCCC1. The fraction of sp³-hybridized carbons (Fsp3) is 0.632. The maximum Gasteiger partial charge on any atom is 0.416 e. The first kappa shape index (κ1) is 24.5. The highest BCUT2D eigenvalue weighted by atomic mass is 35.5. The molecule has 1 unspecified atom stereocenters. The molecule has 1 saturated carbocycles. The molecule has 0 aromatic heterocycles. The van der Waals surface area contributed by atoms with Gasteiger partial charge in [0.2, 0.25) is 5.91 Å². The van der Waals surface area contributed by atoms with Crippen LogP contribution in [-0.4, -0.2) is 36.8 Å². The Kier molecular flexibility index (Phi) is 9.53. The van der Waals surface area contributed by atoms with Crippen LogP contribution in [0.1, 0.15) is 44.1 Å². The molecular formula is C19H28ClF3N2O3. The number of carbonyl (C=O) groups excluding carboxylic acids is 1. The number of nitrogens with one attached hydrogen (secondary N) is 1. The Balaban J connectivity index is 0.00000392. The Morgan fingerprint density at radius 3 is 2.36 bits per heavy atom. The van der Waals surface area contributed by atoms with Crippen LogP contribution in [0.5, 0.6) is 5.75 Å². The largest absolute Gasteiger partial charge is 0.491 e. The van der Waals surface area contributed by atoms with Gasteiger partial charge in [-0.25, -0.2) is 0 Å². The Morgan fingerprint density at radius 2 is 1.82 bits per heavy atom. The van der Waals surface area contributed by atoms with Crippen LogP contribution in [0.4, 0.5) is 13.2 Å². The van der Waals surface area contributed by atoms with Crippen molar-refractivity contribution in [2.24, 2.45) is 11.1 Å². The Labute approximate surface area is 169 Å². The monoisotopic (exact) mass is 424 g/mol. The van der Waals surface area contributed by atoms with Crippen LogP contribution < -0.4 is 15.8 Å². The molecule has 1 aliphatic rings. The van der Waals surface area contributed by atoms with Crippen molar-refractivity contribution in [3.63, 3.8) is 0 Å². The standard InChI is InChI=1S/C19H27F3N2O3.ClH/c20-19(21,22)14-4-6-16(7-5-14)27-12-15(25)11-24-17(26)10-18(13-23)8-2-1-3-9-18;/h4-7,15,25H,1-3,8-13,23H2,(H,24,26);1H. The van der Waals surface area contributed by atoms with E-state index in [0.717, 1.165) is 37.8 Å². The molecule has 1 aromatic rings. The van der Waals surface area contributed by atoms with Crippen LogP contribution >= 0.6 is 12.4 Å². The summed E-state index contributed by atoms with van der Waals surface area (Å²) in [5, 5.41) is 12.6. The van der Waals surface area contributed by atoms with Gasteiger partial charge in [-0.3, -0.25) is 4.79 Å². The smallest absolute Gasteiger partial charge is 0.416 e. The lowest BCUT2D eigenvalue weighted by atomic mass is 9.71. The van der Waals surface area contributed by atoms with Gasteiger partial charge in [-0.2, -0.15) is 13.2 Å². The van der Waals surface area contributed by atoms with Gasteiger partial charge in [0.25, 0.3) is 0 Å². The zero-order chi connectivity index (χ0) is 19.9. The normalized spacial score (nSPS) is 17.3. The number of amides is 1. The Bertz CT molecular complexity index is 605. The Morgan fingerprint density at radius 1 is 1.21 bits per heavy atom. The van der Waals surface area contributed by atoms with Crippen molar-refractivity contribution >= 4 is 18.3 Å². The summed E-state index contributed by atoms with van der Waals surface area (Å²) < 4.78 is 42.8. The number of rotatable bonds is 8. The second kappa shape index (κ2) is 10.9. The second-order valence-corrected chi connectivity index (χ2v) is 7.23. The highest BCUT2D eigenvalue weighted by Gasteiger charge is 2.33. The van der Waals surface area contributed by atoms with Crippen LogP contribution in [0.2, 0.25) is 0 Å². The van der Waals surface area contributed by atoms with Gasteiger partial charge in [-0.1, -0.05) is 19.3 Å². The molecule has 2 rings (SSSR count). The predicted octanol–water partition coefficient (Wildman–Crippen LogP) is 3.28. The highest BCUT2D eigenvalue weighted by Crippen LogP contribution is 2.38. The van der Waals surface area contributed by atoms with Crippen LogP contribution in [0, 0.1) is 5.41 Å². The summed E-state index contributed by atoms with van der Waals surface area (Å²) in [6.45, 7) is 0.355. The quantitative estimate of drug-likeness (QED) is 0.598. The first-order valence-electron chi connectivity index (χ1n) is 9.19. The minimum absolute atomic E-state index is 0. The molecule has 0 bridgehead atoms. The number of benzene rings is 1. The van der Waals surface area contributed by atoms with E-state index >= 15 is 0 Å². The van der Waals surface area contributed by atoms with Crippen molar-refractivity contribution in [3.8, 4) is 5.75 Å². The van der Waals surface area contributed by atoms with E-state index in [2.05, 4.69) is 5.32 Å². The summed E-state index contributed by atoms with van der Waals surface area (Å²) in [6.07, 6.45) is 0.187. The average Bonchev–Trinajstić information content (AvgIpc) is 2.65. The molecular weight excluding hydrogens is 397 g/mol. The highest BCUT2D eigenvalue weighted by molar-refractivity contribution is 5.85. The number of alkyl halides is 3. The number of hydrogen-bond donors (Lipinski definition) is 3. The maximum absolute atomic E-state index is 12.5. The molecule has 1 aromatic carbocycles. The van der Waals surface area contributed by atoms with Crippen LogP contribution in [0.3, 0.4) is 0 Å². The third kappa shape index (κ3) is 7.48.